The number of aliphatic imine (C=N–C) groups is 1. The van der Waals surface area contributed by atoms with E-state index in [1.807, 2.05) is 13.8 Å². The number of ether oxygens (including phenoxy) is 1. The van der Waals surface area contributed by atoms with Gasteiger partial charge in [0.2, 0.25) is 5.89 Å². The molecule has 0 bridgehead atoms. The summed E-state index contributed by atoms with van der Waals surface area (Å²) in [6.07, 6.45) is 2.12. The van der Waals surface area contributed by atoms with Gasteiger partial charge in [-0.3, -0.25) is 9.89 Å². The molecule has 166 valence electrons. The minimum Gasteiger partial charge on any atom is -0.371 e. The maximum absolute atomic E-state index is 5.49. The minimum atomic E-state index is -0.173. The maximum Gasteiger partial charge on any atom is 0.246 e. The van der Waals surface area contributed by atoms with Crippen LogP contribution < -0.4 is 10.6 Å². The molecule has 0 saturated carbocycles. The van der Waals surface area contributed by atoms with Crippen molar-refractivity contribution in [3.63, 3.8) is 0 Å². The van der Waals surface area contributed by atoms with Gasteiger partial charge in [0, 0.05) is 32.8 Å². The van der Waals surface area contributed by atoms with Crippen LogP contribution in [-0.4, -0.2) is 53.8 Å². The van der Waals surface area contributed by atoms with Crippen molar-refractivity contribution < 1.29 is 9.26 Å². The Labute approximate surface area is 195 Å². The summed E-state index contributed by atoms with van der Waals surface area (Å²) in [4.78, 5) is 11.2. The molecule has 1 aromatic heterocycles. The zero-order valence-corrected chi connectivity index (χ0v) is 20.3. The van der Waals surface area contributed by atoms with E-state index in [0.29, 0.717) is 30.9 Å². The predicted molar refractivity (Wildman–Crippen MR) is 128 cm³/mol. The zero-order valence-electron chi connectivity index (χ0n) is 18.0. The number of aromatic nitrogens is 2. The van der Waals surface area contributed by atoms with Crippen molar-refractivity contribution in [3.8, 4) is 0 Å². The van der Waals surface area contributed by atoms with Crippen LogP contribution in [-0.2, 0) is 17.8 Å². The van der Waals surface area contributed by atoms with E-state index in [2.05, 4.69) is 61.0 Å². The van der Waals surface area contributed by atoms with Gasteiger partial charge in [-0.25, -0.2) is 0 Å². The van der Waals surface area contributed by atoms with Gasteiger partial charge in [0.15, 0.2) is 11.8 Å². The van der Waals surface area contributed by atoms with E-state index >= 15 is 0 Å². The second-order valence-corrected chi connectivity index (χ2v) is 7.27. The maximum atomic E-state index is 5.49. The van der Waals surface area contributed by atoms with E-state index in [4.69, 9.17) is 9.26 Å². The second-order valence-electron chi connectivity index (χ2n) is 7.27. The van der Waals surface area contributed by atoms with Crippen LogP contribution >= 0.6 is 24.0 Å². The minimum absolute atomic E-state index is 0. The molecule has 1 aromatic carbocycles. The molecule has 9 heteroatoms. The fourth-order valence-electron chi connectivity index (χ4n) is 3.54. The third kappa shape index (κ3) is 7.51. The fraction of sp³-hybridized carbons (Fsp3) is 0.571. The van der Waals surface area contributed by atoms with Gasteiger partial charge in [-0.2, -0.15) is 4.98 Å². The van der Waals surface area contributed by atoms with Crippen LogP contribution in [0.3, 0.4) is 0 Å². The van der Waals surface area contributed by atoms with Crippen LogP contribution in [0.2, 0.25) is 0 Å². The number of guanidine groups is 1. The Morgan fingerprint density at radius 2 is 2.17 bits per heavy atom. The number of hydrogen-bond donors (Lipinski definition) is 2. The van der Waals surface area contributed by atoms with Crippen molar-refractivity contribution in [1.82, 2.24) is 25.7 Å². The Bertz CT molecular complexity index is 770. The third-order valence-electron chi connectivity index (χ3n) is 4.99. The van der Waals surface area contributed by atoms with Gasteiger partial charge in [-0.15, -0.1) is 24.0 Å². The Balaban J connectivity index is 0.00000320. The van der Waals surface area contributed by atoms with Crippen LogP contribution in [0.25, 0.3) is 0 Å². The van der Waals surface area contributed by atoms with Crippen LogP contribution in [0.1, 0.15) is 50.1 Å². The molecule has 1 fully saturated rings. The van der Waals surface area contributed by atoms with E-state index in [9.17, 15) is 0 Å². The van der Waals surface area contributed by atoms with E-state index in [1.54, 1.807) is 7.05 Å². The van der Waals surface area contributed by atoms with Gasteiger partial charge in [0.1, 0.15) is 6.10 Å². The Morgan fingerprint density at radius 1 is 1.37 bits per heavy atom. The number of benzene rings is 1. The van der Waals surface area contributed by atoms with E-state index in [-0.39, 0.29) is 30.1 Å². The molecular weight excluding hydrogens is 495 g/mol. The first-order chi connectivity index (χ1) is 14.2. The molecule has 1 saturated heterocycles. The second kappa shape index (κ2) is 12.9. The highest BCUT2D eigenvalue weighted by molar-refractivity contribution is 14.0. The molecule has 0 aliphatic carbocycles. The summed E-state index contributed by atoms with van der Waals surface area (Å²) < 4.78 is 10.8. The molecule has 2 unspecified atom stereocenters. The number of piperidine rings is 1. The molecule has 30 heavy (non-hydrogen) atoms. The number of nitrogens with zero attached hydrogens (tertiary/aromatic N) is 4. The van der Waals surface area contributed by atoms with E-state index in [0.717, 1.165) is 32.0 Å². The summed E-state index contributed by atoms with van der Waals surface area (Å²) in [7, 11) is 1.77. The molecule has 2 atom stereocenters. The first-order valence-corrected chi connectivity index (χ1v) is 10.4. The zero-order chi connectivity index (χ0) is 20.5. The van der Waals surface area contributed by atoms with E-state index < -0.39 is 0 Å². The van der Waals surface area contributed by atoms with Crippen LogP contribution in [0.15, 0.2) is 39.8 Å². The number of hydrogen-bond acceptors (Lipinski definition) is 6. The Hall–Kier alpha value is -1.72. The van der Waals surface area contributed by atoms with Crippen LogP contribution in [0.5, 0.6) is 0 Å². The Morgan fingerprint density at radius 3 is 2.90 bits per heavy atom. The van der Waals surface area contributed by atoms with Crippen molar-refractivity contribution in [1.29, 1.82) is 0 Å². The molecule has 0 amide bonds. The molecular formula is C21H33IN6O2. The van der Waals surface area contributed by atoms with Gasteiger partial charge in [0.05, 0.1) is 6.54 Å². The molecule has 8 nitrogen and oxygen atoms in total. The van der Waals surface area contributed by atoms with Gasteiger partial charge in [-0.05, 0) is 38.8 Å². The molecule has 2 heterocycles. The summed E-state index contributed by atoms with van der Waals surface area (Å²) in [6.45, 7) is 7.99. The lowest BCUT2D eigenvalue weighted by atomic mass is 10.0. The van der Waals surface area contributed by atoms with Crippen molar-refractivity contribution in [2.24, 2.45) is 4.99 Å². The quantitative estimate of drug-likeness (QED) is 0.309. The normalized spacial score (nSPS) is 18.5. The van der Waals surface area contributed by atoms with Gasteiger partial charge >= 0.3 is 0 Å². The van der Waals surface area contributed by atoms with Crippen molar-refractivity contribution in [3.05, 3.63) is 47.6 Å². The third-order valence-corrected chi connectivity index (χ3v) is 4.99. The monoisotopic (exact) mass is 528 g/mol. The molecule has 0 radical (unpaired) electrons. The lowest BCUT2D eigenvalue weighted by Crippen LogP contribution is -2.50. The highest BCUT2D eigenvalue weighted by Gasteiger charge is 2.21. The lowest BCUT2D eigenvalue weighted by Gasteiger charge is -2.33. The van der Waals surface area contributed by atoms with Crippen molar-refractivity contribution in [2.75, 3.05) is 26.7 Å². The Kier molecular flexibility index (Phi) is 10.5. The predicted octanol–water partition coefficient (Wildman–Crippen LogP) is 3.11. The molecule has 1 aliphatic rings. The summed E-state index contributed by atoms with van der Waals surface area (Å²) in [5.41, 5.74) is 1.35. The van der Waals surface area contributed by atoms with Gasteiger partial charge < -0.3 is 19.9 Å². The van der Waals surface area contributed by atoms with Crippen molar-refractivity contribution >= 4 is 29.9 Å². The average Bonchev–Trinajstić information content (AvgIpc) is 3.21. The molecule has 3 rings (SSSR count). The molecule has 0 spiro atoms. The average molecular weight is 528 g/mol. The van der Waals surface area contributed by atoms with E-state index in [1.165, 1.54) is 12.0 Å². The standard InChI is InChI=1S/C21H32N6O2.HI/c1-4-28-16(2)20-25-19(29-26-20)13-23-21(22-3)24-18-11-8-12-27(15-18)14-17-9-6-5-7-10-17;/h5-7,9-10,16,18H,4,8,11-15H2,1-3H3,(H2,22,23,24);1H. The summed E-state index contributed by atoms with van der Waals surface area (Å²) in [5.74, 6) is 1.83. The molecule has 2 N–H and O–H groups in total. The smallest absolute Gasteiger partial charge is 0.246 e. The highest BCUT2D eigenvalue weighted by atomic mass is 127. The topological polar surface area (TPSA) is 87.8 Å². The van der Waals surface area contributed by atoms with Gasteiger partial charge in [-0.1, -0.05) is 35.5 Å². The number of nitrogens with one attached hydrogen (secondary N) is 2. The first kappa shape index (κ1) is 24.5. The fourth-order valence-corrected chi connectivity index (χ4v) is 3.54. The number of rotatable bonds is 8. The SMILES string of the molecule is CCOC(C)c1noc(CNC(=NC)NC2CCCN(Cc3ccccc3)C2)n1.I. The molecule has 1 aliphatic heterocycles. The number of halogens is 1. The lowest BCUT2D eigenvalue weighted by molar-refractivity contribution is 0.0683. The summed E-state index contributed by atoms with van der Waals surface area (Å²) in [5, 5.41) is 10.8. The first-order valence-electron chi connectivity index (χ1n) is 10.4. The highest BCUT2D eigenvalue weighted by Crippen LogP contribution is 2.14. The van der Waals surface area contributed by atoms with Crippen LogP contribution in [0, 0.1) is 0 Å². The summed E-state index contributed by atoms with van der Waals surface area (Å²) >= 11 is 0. The molecule has 2 aromatic rings. The largest absolute Gasteiger partial charge is 0.371 e. The van der Waals surface area contributed by atoms with Gasteiger partial charge in [0.25, 0.3) is 0 Å². The van der Waals surface area contributed by atoms with Crippen molar-refractivity contribution in [2.45, 2.75) is 51.9 Å². The summed E-state index contributed by atoms with van der Waals surface area (Å²) in [6, 6.07) is 11.0. The number of likely N-dealkylation sites (tertiary alicyclic amines) is 1. The van der Waals surface area contributed by atoms with Crippen LogP contribution in [0.4, 0.5) is 0 Å².